The zero-order chi connectivity index (χ0) is 19.6. The molecule has 1 heterocycles. The van der Waals surface area contributed by atoms with Gasteiger partial charge in [-0.3, -0.25) is 19.8 Å². The number of para-hydroxylation sites is 2. The lowest BCUT2D eigenvalue weighted by atomic mass is 9.97. The van der Waals surface area contributed by atoms with Gasteiger partial charge in [-0.25, -0.2) is 4.79 Å². The van der Waals surface area contributed by atoms with E-state index in [0.717, 1.165) is 4.90 Å². The van der Waals surface area contributed by atoms with Crippen molar-refractivity contribution in [3.8, 4) is 0 Å². The highest BCUT2D eigenvalue weighted by Crippen LogP contribution is 2.43. The minimum absolute atomic E-state index is 0.0265. The van der Waals surface area contributed by atoms with Crippen LogP contribution in [0.4, 0.5) is 11.4 Å². The number of nitro benzene ring substituents is 1. The molecule has 0 saturated heterocycles. The van der Waals surface area contributed by atoms with E-state index in [1.165, 1.54) is 18.2 Å². The van der Waals surface area contributed by atoms with Gasteiger partial charge in [-0.1, -0.05) is 30.3 Å². The Kier molecular flexibility index (Phi) is 4.89. The Labute approximate surface area is 154 Å². The maximum Gasteiger partial charge on any atom is 0.340 e. The standard InChI is InChI=1S/C19H16N2O6/c1-2-27-19(24)15-16(13-10-6-7-11-14(13)21(25)26)20(18(23)17(15)22)12-8-4-3-5-9-12/h3-11,16,22H,2H2,1H3. The van der Waals surface area contributed by atoms with E-state index in [-0.39, 0.29) is 23.4 Å². The second kappa shape index (κ2) is 7.28. The Balaban J connectivity index is 2.24. The van der Waals surface area contributed by atoms with E-state index in [2.05, 4.69) is 0 Å². The molecule has 0 saturated carbocycles. The van der Waals surface area contributed by atoms with E-state index < -0.39 is 28.6 Å². The average molecular weight is 368 g/mol. The molecule has 1 N–H and O–H groups in total. The van der Waals surface area contributed by atoms with Crippen LogP contribution in [0.15, 0.2) is 65.9 Å². The first kappa shape index (κ1) is 18.1. The minimum Gasteiger partial charge on any atom is -0.503 e. The molecule has 0 aliphatic carbocycles. The van der Waals surface area contributed by atoms with Crippen LogP contribution in [-0.4, -0.2) is 28.5 Å². The molecule has 1 aliphatic heterocycles. The molecule has 1 aliphatic rings. The van der Waals surface area contributed by atoms with Crippen molar-refractivity contribution in [3.63, 3.8) is 0 Å². The van der Waals surface area contributed by atoms with Crippen LogP contribution < -0.4 is 4.90 Å². The van der Waals surface area contributed by atoms with E-state index in [4.69, 9.17) is 4.74 Å². The number of hydrogen-bond donors (Lipinski definition) is 1. The van der Waals surface area contributed by atoms with Gasteiger partial charge in [0.15, 0.2) is 5.76 Å². The van der Waals surface area contributed by atoms with Crippen LogP contribution in [0.25, 0.3) is 0 Å². The lowest BCUT2D eigenvalue weighted by Gasteiger charge is -2.26. The number of carbonyl (C=O) groups excluding carboxylic acids is 2. The zero-order valence-electron chi connectivity index (χ0n) is 14.4. The third kappa shape index (κ3) is 3.12. The summed E-state index contributed by atoms with van der Waals surface area (Å²) in [5.74, 6) is -2.50. The zero-order valence-corrected chi connectivity index (χ0v) is 14.4. The van der Waals surface area contributed by atoms with Crippen LogP contribution in [0.2, 0.25) is 0 Å². The van der Waals surface area contributed by atoms with Crippen LogP contribution in [0.1, 0.15) is 18.5 Å². The summed E-state index contributed by atoms with van der Waals surface area (Å²) in [6.07, 6.45) is 0. The van der Waals surface area contributed by atoms with Crippen molar-refractivity contribution in [3.05, 3.63) is 81.6 Å². The van der Waals surface area contributed by atoms with Crippen LogP contribution in [-0.2, 0) is 14.3 Å². The van der Waals surface area contributed by atoms with Gasteiger partial charge in [0, 0.05) is 11.8 Å². The summed E-state index contributed by atoms with van der Waals surface area (Å²) in [7, 11) is 0. The number of aliphatic hydroxyl groups excluding tert-OH is 1. The van der Waals surface area contributed by atoms with Crippen molar-refractivity contribution in [2.75, 3.05) is 11.5 Å². The molecular weight excluding hydrogens is 352 g/mol. The quantitative estimate of drug-likeness (QED) is 0.493. The maximum absolute atomic E-state index is 12.7. The third-order valence-electron chi connectivity index (χ3n) is 4.17. The molecule has 27 heavy (non-hydrogen) atoms. The molecule has 2 aromatic carbocycles. The molecule has 1 amide bonds. The van der Waals surface area contributed by atoms with Crippen LogP contribution in [0.5, 0.6) is 0 Å². The smallest absolute Gasteiger partial charge is 0.340 e. The summed E-state index contributed by atoms with van der Waals surface area (Å²) >= 11 is 0. The van der Waals surface area contributed by atoms with Gasteiger partial charge in [0.25, 0.3) is 11.6 Å². The number of ether oxygens (including phenoxy) is 1. The molecule has 8 heteroatoms. The summed E-state index contributed by atoms with van der Waals surface area (Å²) in [6, 6.07) is 12.9. The molecule has 2 aromatic rings. The van der Waals surface area contributed by atoms with E-state index in [1.54, 1.807) is 43.3 Å². The fourth-order valence-corrected chi connectivity index (χ4v) is 3.06. The van der Waals surface area contributed by atoms with E-state index in [0.29, 0.717) is 5.69 Å². The number of nitrogens with zero attached hydrogens (tertiary/aromatic N) is 2. The first-order chi connectivity index (χ1) is 13.0. The normalized spacial score (nSPS) is 16.6. The van der Waals surface area contributed by atoms with Gasteiger partial charge >= 0.3 is 5.97 Å². The number of esters is 1. The number of benzene rings is 2. The predicted molar refractivity (Wildman–Crippen MR) is 96.1 cm³/mol. The summed E-state index contributed by atoms with van der Waals surface area (Å²) in [6.45, 7) is 1.61. The first-order valence-electron chi connectivity index (χ1n) is 8.19. The predicted octanol–water partition coefficient (Wildman–Crippen LogP) is 3.06. The lowest BCUT2D eigenvalue weighted by molar-refractivity contribution is -0.385. The molecule has 1 unspecified atom stereocenters. The Morgan fingerprint density at radius 1 is 1.19 bits per heavy atom. The number of carbonyl (C=O) groups is 2. The minimum atomic E-state index is -1.18. The van der Waals surface area contributed by atoms with Gasteiger partial charge in [0.1, 0.15) is 11.6 Å². The van der Waals surface area contributed by atoms with E-state index in [1.807, 2.05) is 0 Å². The molecule has 8 nitrogen and oxygen atoms in total. The summed E-state index contributed by atoms with van der Waals surface area (Å²) < 4.78 is 4.98. The fraction of sp³-hybridized carbons (Fsp3) is 0.158. The van der Waals surface area contributed by atoms with E-state index in [9.17, 15) is 24.8 Å². The molecule has 0 radical (unpaired) electrons. The van der Waals surface area contributed by atoms with Gasteiger partial charge < -0.3 is 9.84 Å². The monoisotopic (exact) mass is 368 g/mol. The van der Waals surface area contributed by atoms with Crippen molar-refractivity contribution in [2.45, 2.75) is 13.0 Å². The number of amides is 1. The van der Waals surface area contributed by atoms with Gasteiger partial charge in [0.2, 0.25) is 0 Å². The van der Waals surface area contributed by atoms with E-state index >= 15 is 0 Å². The van der Waals surface area contributed by atoms with Crippen molar-refractivity contribution in [1.29, 1.82) is 0 Å². The largest absolute Gasteiger partial charge is 0.503 e. The second-order valence-corrected chi connectivity index (χ2v) is 5.71. The number of nitro groups is 1. The number of anilines is 1. The Hall–Kier alpha value is -3.68. The van der Waals surface area contributed by atoms with Crippen molar-refractivity contribution >= 4 is 23.3 Å². The van der Waals surface area contributed by atoms with Gasteiger partial charge in [0.05, 0.1) is 17.1 Å². The summed E-state index contributed by atoms with van der Waals surface area (Å²) in [4.78, 5) is 37.2. The average Bonchev–Trinajstić information content (AvgIpc) is 2.93. The lowest BCUT2D eigenvalue weighted by Crippen LogP contribution is -2.31. The van der Waals surface area contributed by atoms with Crippen molar-refractivity contribution in [1.82, 2.24) is 0 Å². The number of hydrogen-bond acceptors (Lipinski definition) is 6. The fourth-order valence-electron chi connectivity index (χ4n) is 3.06. The summed E-state index contributed by atoms with van der Waals surface area (Å²) in [5.41, 5.74) is -0.101. The molecule has 0 spiro atoms. The molecule has 3 rings (SSSR count). The van der Waals surface area contributed by atoms with Crippen LogP contribution >= 0.6 is 0 Å². The molecule has 0 fully saturated rings. The van der Waals surface area contributed by atoms with Gasteiger partial charge in [-0.15, -0.1) is 0 Å². The molecular formula is C19H16N2O6. The SMILES string of the molecule is CCOC(=O)C1=C(O)C(=O)N(c2ccccc2)C1c1ccccc1[N+](=O)[O-]. The highest BCUT2D eigenvalue weighted by atomic mass is 16.6. The molecule has 138 valence electrons. The Bertz CT molecular complexity index is 938. The molecule has 1 atom stereocenters. The second-order valence-electron chi connectivity index (χ2n) is 5.71. The number of rotatable bonds is 5. The first-order valence-corrected chi connectivity index (χ1v) is 8.19. The Morgan fingerprint density at radius 2 is 1.81 bits per heavy atom. The third-order valence-corrected chi connectivity index (χ3v) is 4.17. The topological polar surface area (TPSA) is 110 Å². The van der Waals surface area contributed by atoms with Crippen LogP contribution in [0.3, 0.4) is 0 Å². The highest BCUT2D eigenvalue weighted by Gasteiger charge is 2.47. The number of aliphatic hydroxyl groups is 1. The molecule has 0 aromatic heterocycles. The van der Waals surface area contributed by atoms with Crippen LogP contribution in [0, 0.1) is 10.1 Å². The summed E-state index contributed by atoms with van der Waals surface area (Å²) in [5, 5.41) is 21.9. The highest BCUT2D eigenvalue weighted by molar-refractivity contribution is 6.15. The molecule has 0 bridgehead atoms. The Morgan fingerprint density at radius 3 is 2.44 bits per heavy atom. The van der Waals surface area contributed by atoms with Crippen molar-refractivity contribution < 1.29 is 24.4 Å². The maximum atomic E-state index is 12.7. The van der Waals surface area contributed by atoms with Gasteiger partial charge in [-0.2, -0.15) is 0 Å². The van der Waals surface area contributed by atoms with Crippen molar-refractivity contribution in [2.24, 2.45) is 0 Å². The van der Waals surface area contributed by atoms with Gasteiger partial charge in [-0.05, 0) is 25.1 Å².